The van der Waals surface area contributed by atoms with Crippen LogP contribution in [-0.2, 0) is 9.59 Å². The molecule has 0 spiro atoms. The van der Waals surface area contributed by atoms with E-state index in [0.717, 1.165) is 25.7 Å². The van der Waals surface area contributed by atoms with Gasteiger partial charge in [-0.25, -0.2) is 0 Å². The van der Waals surface area contributed by atoms with Crippen molar-refractivity contribution in [3.63, 3.8) is 0 Å². The number of hydrogen-bond donors (Lipinski definition) is 1. The van der Waals surface area contributed by atoms with Crippen molar-refractivity contribution in [1.82, 2.24) is 4.90 Å². The lowest BCUT2D eigenvalue weighted by atomic mass is 9.94. The number of carbonyl (C=O) groups is 2. The predicted octanol–water partition coefficient (Wildman–Crippen LogP) is 0.561. The van der Waals surface area contributed by atoms with Crippen LogP contribution in [-0.4, -0.2) is 40.1 Å². The van der Waals surface area contributed by atoms with E-state index >= 15 is 0 Å². The number of Topliss-reactive ketones (excluding diaryl/α,β-unsaturated/α-hetero) is 1. The van der Waals surface area contributed by atoms with Gasteiger partial charge < -0.3 is 10.1 Å². The third-order valence-corrected chi connectivity index (χ3v) is 3.17. The second-order valence-corrected chi connectivity index (χ2v) is 4.10. The molecule has 2 fully saturated rings. The lowest BCUT2D eigenvalue weighted by Crippen LogP contribution is -2.38. The average Bonchev–Trinajstić information content (AvgIpc) is 2.57. The molecule has 15 heavy (non-hydrogen) atoms. The van der Waals surface area contributed by atoms with E-state index in [9.17, 15) is 9.59 Å². The first-order chi connectivity index (χ1) is 7.24. The van der Waals surface area contributed by atoms with Crippen molar-refractivity contribution in [2.45, 2.75) is 38.1 Å². The Morgan fingerprint density at radius 2 is 1.87 bits per heavy atom. The number of likely N-dealkylation sites (tertiary alicyclic amines) is 1. The number of carbonyl (C=O) groups excluding carboxylic acids is 2. The van der Waals surface area contributed by atoms with Gasteiger partial charge in [0.15, 0.2) is 5.71 Å². The Morgan fingerprint density at radius 3 is 2.40 bits per heavy atom. The molecule has 1 heterocycles. The van der Waals surface area contributed by atoms with Crippen molar-refractivity contribution >= 4 is 17.4 Å². The summed E-state index contributed by atoms with van der Waals surface area (Å²) in [5.74, 6) is -1.15. The van der Waals surface area contributed by atoms with Crippen molar-refractivity contribution in [2.24, 2.45) is 5.16 Å². The Morgan fingerprint density at radius 1 is 1.20 bits per heavy atom. The van der Waals surface area contributed by atoms with Gasteiger partial charge in [0.25, 0.3) is 11.7 Å². The van der Waals surface area contributed by atoms with Gasteiger partial charge in [0, 0.05) is 6.04 Å². The highest BCUT2D eigenvalue weighted by Crippen LogP contribution is 2.24. The van der Waals surface area contributed by atoms with Gasteiger partial charge in [-0.05, 0) is 12.8 Å². The van der Waals surface area contributed by atoms with E-state index in [4.69, 9.17) is 5.21 Å². The Labute approximate surface area is 87.7 Å². The lowest BCUT2D eigenvalue weighted by Gasteiger charge is -2.29. The molecule has 0 radical (unpaired) electrons. The molecule has 0 bridgehead atoms. The molecule has 0 unspecified atom stereocenters. The number of amides is 1. The normalized spacial score (nSPS) is 26.7. The van der Waals surface area contributed by atoms with Gasteiger partial charge in [0.2, 0.25) is 0 Å². The van der Waals surface area contributed by atoms with E-state index in [1.165, 1.54) is 6.42 Å². The summed E-state index contributed by atoms with van der Waals surface area (Å²) in [6.45, 7) is 0.179. The summed E-state index contributed by atoms with van der Waals surface area (Å²) in [6.07, 6.45) is 5.32. The quantitative estimate of drug-likeness (QED) is 0.390. The van der Waals surface area contributed by atoms with Crippen LogP contribution in [0.1, 0.15) is 32.1 Å². The molecule has 0 aromatic heterocycles. The summed E-state index contributed by atoms with van der Waals surface area (Å²) < 4.78 is 0. The average molecular weight is 210 g/mol. The van der Waals surface area contributed by atoms with Crippen molar-refractivity contribution in [3.05, 3.63) is 0 Å². The number of nitrogens with zero attached hydrogens (tertiary/aromatic N) is 2. The number of oxime groups is 1. The minimum atomic E-state index is -0.650. The fraction of sp³-hybridized carbons (Fsp3) is 0.700. The van der Waals surface area contributed by atoms with Crippen LogP contribution in [0.5, 0.6) is 0 Å². The van der Waals surface area contributed by atoms with E-state index in [2.05, 4.69) is 5.16 Å². The lowest BCUT2D eigenvalue weighted by molar-refractivity contribution is -0.140. The minimum absolute atomic E-state index is 0.0226. The first kappa shape index (κ1) is 10.1. The number of hydrogen-bond acceptors (Lipinski definition) is 4. The highest BCUT2D eigenvalue weighted by molar-refractivity contribution is 6.68. The third kappa shape index (κ3) is 1.73. The summed E-state index contributed by atoms with van der Waals surface area (Å²) in [4.78, 5) is 24.4. The molecule has 82 valence electrons. The van der Waals surface area contributed by atoms with E-state index in [1.54, 1.807) is 4.90 Å². The molecule has 0 aromatic rings. The van der Waals surface area contributed by atoms with Gasteiger partial charge in [-0.2, -0.15) is 0 Å². The Bertz CT molecular complexity index is 319. The van der Waals surface area contributed by atoms with E-state index in [1.807, 2.05) is 0 Å². The maximum absolute atomic E-state index is 11.6. The molecule has 0 atom stereocenters. The molecule has 1 aliphatic carbocycles. The topological polar surface area (TPSA) is 70.0 Å². The molecular weight excluding hydrogens is 196 g/mol. The zero-order valence-electron chi connectivity index (χ0n) is 8.48. The highest BCUT2D eigenvalue weighted by Gasteiger charge is 2.40. The molecule has 2 rings (SSSR count). The zero-order chi connectivity index (χ0) is 10.8. The molecule has 1 amide bonds. The second-order valence-electron chi connectivity index (χ2n) is 4.10. The van der Waals surface area contributed by atoms with Crippen molar-refractivity contribution in [2.75, 3.05) is 6.54 Å². The third-order valence-electron chi connectivity index (χ3n) is 3.17. The van der Waals surface area contributed by atoms with Crippen LogP contribution in [0.25, 0.3) is 0 Å². The Kier molecular flexibility index (Phi) is 2.70. The molecule has 0 aromatic carbocycles. The van der Waals surface area contributed by atoms with Gasteiger partial charge in [-0.3, -0.25) is 9.59 Å². The van der Waals surface area contributed by atoms with Crippen molar-refractivity contribution in [3.8, 4) is 0 Å². The van der Waals surface area contributed by atoms with E-state index in [0.29, 0.717) is 0 Å². The van der Waals surface area contributed by atoms with Crippen LogP contribution in [0.4, 0.5) is 0 Å². The zero-order valence-corrected chi connectivity index (χ0v) is 8.48. The second kappa shape index (κ2) is 4.00. The fourth-order valence-corrected chi connectivity index (χ4v) is 2.32. The summed E-state index contributed by atoms with van der Waals surface area (Å²) in [5, 5.41) is 11.4. The van der Waals surface area contributed by atoms with Crippen LogP contribution in [0.3, 0.4) is 0 Å². The molecule has 1 aliphatic heterocycles. The van der Waals surface area contributed by atoms with Gasteiger partial charge in [0.05, 0.1) is 6.54 Å². The fourth-order valence-electron chi connectivity index (χ4n) is 2.32. The van der Waals surface area contributed by atoms with Gasteiger partial charge >= 0.3 is 0 Å². The van der Waals surface area contributed by atoms with Crippen LogP contribution in [0.2, 0.25) is 0 Å². The molecule has 1 N–H and O–H groups in total. The Balaban J connectivity index is 2.10. The molecule has 2 aliphatic rings. The standard InChI is InChI=1S/C10H14N2O3/c13-9-8(11-15)6-12(10(9)14)7-4-2-1-3-5-7/h7,15H,1-6H2/b11-8+. The van der Waals surface area contributed by atoms with Crippen LogP contribution in [0, 0.1) is 0 Å². The number of ketones is 1. The van der Waals surface area contributed by atoms with Crippen LogP contribution >= 0.6 is 0 Å². The first-order valence-corrected chi connectivity index (χ1v) is 5.30. The van der Waals surface area contributed by atoms with Crippen molar-refractivity contribution in [1.29, 1.82) is 0 Å². The maximum Gasteiger partial charge on any atom is 0.297 e. The highest BCUT2D eigenvalue weighted by atomic mass is 16.4. The maximum atomic E-state index is 11.6. The number of rotatable bonds is 1. The van der Waals surface area contributed by atoms with E-state index < -0.39 is 11.7 Å². The predicted molar refractivity (Wildman–Crippen MR) is 52.8 cm³/mol. The summed E-state index contributed by atoms with van der Waals surface area (Å²) in [6, 6.07) is 0.162. The van der Waals surface area contributed by atoms with Gasteiger partial charge in [-0.15, -0.1) is 0 Å². The monoisotopic (exact) mass is 210 g/mol. The minimum Gasteiger partial charge on any atom is -0.410 e. The smallest absolute Gasteiger partial charge is 0.297 e. The molecule has 5 heteroatoms. The molecule has 1 saturated carbocycles. The summed E-state index contributed by atoms with van der Waals surface area (Å²) >= 11 is 0. The summed E-state index contributed by atoms with van der Waals surface area (Å²) in [5.41, 5.74) is -0.0226. The van der Waals surface area contributed by atoms with Crippen molar-refractivity contribution < 1.29 is 14.8 Å². The van der Waals surface area contributed by atoms with E-state index in [-0.39, 0.29) is 18.3 Å². The summed E-state index contributed by atoms with van der Waals surface area (Å²) in [7, 11) is 0. The molecule has 5 nitrogen and oxygen atoms in total. The molecule has 1 saturated heterocycles. The molecular formula is C10H14N2O3. The van der Waals surface area contributed by atoms with Gasteiger partial charge in [0.1, 0.15) is 0 Å². The van der Waals surface area contributed by atoms with Crippen LogP contribution < -0.4 is 0 Å². The van der Waals surface area contributed by atoms with Crippen LogP contribution in [0.15, 0.2) is 5.16 Å². The first-order valence-electron chi connectivity index (χ1n) is 5.30. The largest absolute Gasteiger partial charge is 0.410 e. The van der Waals surface area contributed by atoms with Gasteiger partial charge in [-0.1, -0.05) is 24.4 Å². The SMILES string of the molecule is O=C1C(=O)N(C2CCCCC2)C/C1=N\O. The Hall–Kier alpha value is -1.39.